The number of nitrogens with zero attached hydrogens (tertiary/aromatic N) is 4. The number of rotatable bonds is 5. The molecule has 0 fully saturated rings. The highest BCUT2D eigenvalue weighted by molar-refractivity contribution is 7.12. The lowest BCUT2D eigenvalue weighted by molar-refractivity contribution is 0.0789. The summed E-state index contributed by atoms with van der Waals surface area (Å²) in [6.07, 6.45) is 3.42. The molecule has 0 atom stereocenters. The molecule has 2 aromatic heterocycles. The first-order chi connectivity index (χ1) is 10.4. The van der Waals surface area contributed by atoms with E-state index in [1.54, 1.807) is 35.8 Å². The number of hydrogen-bond donors (Lipinski definition) is 0. The monoisotopic (exact) mass is 318 g/mol. The summed E-state index contributed by atoms with van der Waals surface area (Å²) in [5, 5.41) is 1.71. The van der Waals surface area contributed by atoms with Crippen LogP contribution in [0.3, 0.4) is 0 Å². The minimum Gasteiger partial charge on any atom is -0.347 e. The predicted octanol–water partition coefficient (Wildman–Crippen LogP) is 2.08. The maximum absolute atomic E-state index is 12.3. The van der Waals surface area contributed by atoms with Gasteiger partial charge in [0.2, 0.25) is 5.95 Å². The van der Waals surface area contributed by atoms with Crippen LogP contribution in [0, 0.1) is 0 Å². The Balaban J connectivity index is 2.05. The second-order valence-electron chi connectivity index (χ2n) is 5.20. The molecule has 2 aromatic rings. The summed E-state index contributed by atoms with van der Waals surface area (Å²) in [6, 6.07) is 1.64. The number of aromatic nitrogens is 2. The Morgan fingerprint density at radius 3 is 2.32 bits per heavy atom. The highest BCUT2D eigenvalue weighted by Crippen LogP contribution is 2.18. The molecule has 2 rings (SSSR count). The van der Waals surface area contributed by atoms with Gasteiger partial charge in [0, 0.05) is 56.6 Å². The zero-order chi connectivity index (χ0) is 16.3. The molecule has 7 heteroatoms. The van der Waals surface area contributed by atoms with Gasteiger partial charge in [-0.15, -0.1) is 11.3 Å². The summed E-state index contributed by atoms with van der Waals surface area (Å²) >= 11 is 1.28. The van der Waals surface area contributed by atoms with Crippen LogP contribution in [0.15, 0.2) is 23.8 Å². The molecule has 0 aliphatic rings. The molecule has 22 heavy (non-hydrogen) atoms. The summed E-state index contributed by atoms with van der Waals surface area (Å²) < 4.78 is 0. The van der Waals surface area contributed by atoms with Gasteiger partial charge in [-0.3, -0.25) is 9.59 Å². The minimum absolute atomic E-state index is 0.0365. The van der Waals surface area contributed by atoms with Gasteiger partial charge in [-0.2, -0.15) is 0 Å². The summed E-state index contributed by atoms with van der Waals surface area (Å²) in [7, 11) is 5.46. The van der Waals surface area contributed by atoms with Crippen LogP contribution in [-0.4, -0.2) is 47.7 Å². The van der Waals surface area contributed by atoms with Crippen LogP contribution in [0.4, 0.5) is 5.95 Å². The molecule has 0 aliphatic heterocycles. The summed E-state index contributed by atoms with van der Waals surface area (Å²) in [5.74, 6) is 0.474. The van der Waals surface area contributed by atoms with Crippen molar-refractivity contribution in [1.82, 2.24) is 14.9 Å². The molecular weight excluding hydrogens is 300 g/mol. The van der Waals surface area contributed by atoms with Crippen molar-refractivity contribution in [3.8, 4) is 0 Å². The Bertz CT molecular complexity index is 679. The summed E-state index contributed by atoms with van der Waals surface area (Å²) in [4.78, 5) is 36.0. The van der Waals surface area contributed by atoms with Gasteiger partial charge >= 0.3 is 0 Å². The van der Waals surface area contributed by atoms with Gasteiger partial charge < -0.3 is 9.80 Å². The van der Waals surface area contributed by atoms with Crippen molar-refractivity contribution in [3.05, 3.63) is 39.8 Å². The third kappa shape index (κ3) is 3.67. The third-order valence-corrected chi connectivity index (χ3v) is 3.99. The van der Waals surface area contributed by atoms with Crippen LogP contribution in [0.5, 0.6) is 0 Å². The van der Waals surface area contributed by atoms with Crippen molar-refractivity contribution in [3.63, 3.8) is 0 Å². The number of amides is 1. The average Bonchev–Trinajstić information content (AvgIpc) is 2.97. The first-order valence-electron chi connectivity index (χ1n) is 6.71. The van der Waals surface area contributed by atoms with E-state index in [1.165, 1.54) is 18.3 Å². The SMILES string of the molecule is CC(=O)c1csc(C(=O)N(C)Cc2cnc(N(C)C)nc2)c1. The fraction of sp³-hybridized carbons (Fsp3) is 0.333. The fourth-order valence-corrected chi connectivity index (χ4v) is 2.77. The lowest BCUT2D eigenvalue weighted by Gasteiger charge is -2.16. The van der Waals surface area contributed by atoms with Gasteiger partial charge in [0.15, 0.2) is 5.78 Å². The number of carbonyl (C=O) groups is 2. The number of carbonyl (C=O) groups excluding carboxylic acids is 2. The van der Waals surface area contributed by atoms with Crippen molar-refractivity contribution in [1.29, 1.82) is 0 Å². The first-order valence-corrected chi connectivity index (χ1v) is 7.59. The van der Waals surface area contributed by atoms with Crippen molar-refractivity contribution in [2.24, 2.45) is 0 Å². The topological polar surface area (TPSA) is 66.4 Å². The first kappa shape index (κ1) is 16.1. The molecule has 0 saturated heterocycles. The van der Waals surface area contributed by atoms with Crippen molar-refractivity contribution in [2.75, 3.05) is 26.0 Å². The highest BCUT2D eigenvalue weighted by Gasteiger charge is 2.16. The van der Waals surface area contributed by atoms with Gasteiger partial charge in [-0.05, 0) is 13.0 Å². The molecule has 0 aliphatic carbocycles. The normalized spacial score (nSPS) is 10.4. The van der Waals surface area contributed by atoms with Crippen molar-refractivity contribution >= 4 is 29.0 Å². The Kier molecular flexibility index (Phi) is 4.87. The standard InChI is InChI=1S/C15H18N4O2S/c1-10(20)12-5-13(22-9-12)14(21)19(4)8-11-6-16-15(17-7-11)18(2)3/h5-7,9H,8H2,1-4H3. The average molecular weight is 318 g/mol. The van der Waals surface area contributed by atoms with E-state index < -0.39 is 0 Å². The van der Waals surface area contributed by atoms with Gasteiger partial charge in [-0.25, -0.2) is 9.97 Å². The fourth-order valence-electron chi connectivity index (χ4n) is 1.83. The van der Waals surface area contributed by atoms with Gasteiger partial charge in [0.05, 0.1) is 4.88 Å². The Morgan fingerprint density at radius 2 is 1.82 bits per heavy atom. The van der Waals surface area contributed by atoms with Crippen LogP contribution >= 0.6 is 11.3 Å². The number of hydrogen-bond acceptors (Lipinski definition) is 6. The van der Waals surface area contributed by atoms with E-state index in [1.807, 2.05) is 19.0 Å². The van der Waals surface area contributed by atoms with Crippen LogP contribution in [0.2, 0.25) is 0 Å². The maximum Gasteiger partial charge on any atom is 0.263 e. The molecule has 116 valence electrons. The Hall–Kier alpha value is -2.28. The lowest BCUT2D eigenvalue weighted by atomic mass is 10.2. The van der Waals surface area contributed by atoms with Crippen LogP contribution in [0.25, 0.3) is 0 Å². The van der Waals surface area contributed by atoms with E-state index >= 15 is 0 Å². The second-order valence-corrected chi connectivity index (χ2v) is 6.11. The zero-order valence-corrected chi connectivity index (χ0v) is 13.8. The summed E-state index contributed by atoms with van der Waals surface area (Å²) in [6.45, 7) is 1.91. The number of ketones is 1. The largest absolute Gasteiger partial charge is 0.347 e. The number of anilines is 1. The Labute approximate surface area is 133 Å². The number of Topliss-reactive ketones (excluding diaryl/α,β-unsaturated/α-hetero) is 1. The van der Waals surface area contributed by atoms with E-state index in [-0.39, 0.29) is 11.7 Å². The van der Waals surface area contributed by atoms with Crippen LogP contribution in [0.1, 0.15) is 32.5 Å². The number of thiophene rings is 1. The molecular formula is C15H18N4O2S. The highest BCUT2D eigenvalue weighted by atomic mass is 32.1. The molecule has 0 spiro atoms. The van der Waals surface area contributed by atoms with Crippen LogP contribution < -0.4 is 4.90 Å². The molecule has 2 heterocycles. The van der Waals surface area contributed by atoms with Gasteiger partial charge in [0.25, 0.3) is 5.91 Å². The zero-order valence-electron chi connectivity index (χ0n) is 13.0. The molecule has 0 N–H and O–H groups in total. The molecule has 0 aromatic carbocycles. The lowest BCUT2D eigenvalue weighted by Crippen LogP contribution is -2.25. The predicted molar refractivity (Wildman–Crippen MR) is 86.5 cm³/mol. The maximum atomic E-state index is 12.3. The Morgan fingerprint density at radius 1 is 1.18 bits per heavy atom. The van der Waals surface area contributed by atoms with Crippen LogP contribution in [-0.2, 0) is 6.54 Å². The van der Waals surface area contributed by atoms with E-state index in [0.29, 0.717) is 22.9 Å². The summed E-state index contributed by atoms with van der Waals surface area (Å²) in [5.41, 5.74) is 1.42. The molecule has 1 amide bonds. The van der Waals surface area contributed by atoms with E-state index in [4.69, 9.17) is 0 Å². The minimum atomic E-state index is -0.116. The van der Waals surface area contributed by atoms with Gasteiger partial charge in [0.1, 0.15) is 0 Å². The van der Waals surface area contributed by atoms with Crippen molar-refractivity contribution in [2.45, 2.75) is 13.5 Å². The van der Waals surface area contributed by atoms with Gasteiger partial charge in [-0.1, -0.05) is 0 Å². The van der Waals surface area contributed by atoms with E-state index in [2.05, 4.69) is 9.97 Å². The van der Waals surface area contributed by atoms with E-state index in [9.17, 15) is 9.59 Å². The van der Waals surface area contributed by atoms with E-state index in [0.717, 1.165) is 5.56 Å². The molecule has 0 bridgehead atoms. The molecule has 6 nitrogen and oxygen atoms in total. The molecule has 0 radical (unpaired) electrons. The van der Waals surface area contributed by atoms with Crippen molar-refractivity contribution < 1.29 is 9.59 Å². The smallest absolute Gasteiger partial charge is 0.263 e. The second kappa shape index (κ2) is 6.65. The quantitative estimate of drug-likeness (QED) is 0.790. The molecule has 0 saturated carbocycles. The third-order valence-electron chi connectivity index (χ3n) is 3.07. The molecule has 0 unspecified atom stereocenters.